The number of benzene rings is 2. The molecule has 5 rings (SSSR count). The third kappa shape index (κ3) is 3.82. The van der Waals surface area contributed by atoms with Crippen molar-refractivity contribution in [1.29, 1.82) is 0 Å². The molecule has 0 bridgehead atoms. The van der Waals surface area contributed by atoms with Crippen molar-refractivity contribution in [2.24, 2.45) is 0 Å². The van der Waals surface area contributed by atoms with Gasteiger partial charge in [-0.3, -0.25) is 9.78 Å². The molecule has 1 amide bonds. The SMILES string of the molecule is O=C(N[C@H]1CCN(c2nc(-c3ccccc3O)nc3ccc(F)cc23)C1)c1ccccn1. The Labute approximate surface area is 183 Å². The summed E-state index contributed by atoms with van der Waals surface area (Å²) in [5, 5.41) is 13.9. The summed E-state index contributed by atoms with van der Waals surface area (Å²) in [6.07, 6.45) is 2.29. The predicted molar refractivity (Wildman–Crippen MR) is 119 cm³/mol. The fourth-order valence-corrected chi connectivity index (χ4v) is 3.94. The molecule has 2 aromatic heterocycles. The lowest BCUT2D eigenvalue weighted by Crippen LogP contribution is -2.37. The van der Waals surface area contributed by atoms with Gasteiger partial charge in [0.2, 0.25) is 0 Å². The van der Waals surface area contributed by atoms with Crippen LogP contribution in [0.5, 0.6) is 5.75 Å². The summed E-state index contributed by atoms with van der Waals surface area (Å²) < 4.78 is 14.0. The van der Waals surface area contributed by atoms with Gasteiger partial charge >= 0.3 is 0 Å². The highest BCUT2D eigenvalue weighted by atomic mass is 19.1. The van der Waals surface area contributed by atoms with Gasteiger partial charge in [0.05, 0.1) is 11.1 Å². The lowest BCUT2D eigenvalue weighted by Gasteiger charge is -2.21. The van der Waals surface area contributed by atoms with Gasteiger partial charge in [-0.2, -0.15) is 0 Å². The van der Waals surface area contributed by atoms with Crippen LogP contribution in [0.1, 0.15) is 16.9 Å². The van der Waals surface area contributed by atoms with Crippen LogP contribution in [0, 0.1) is 5.82 Å². The fourth-order valence-electron chi connectivity index (χ4n) is 3.94. The quantitative estimate of drug-likeness (QED) is 0.516. The topological polar surface area (TPSA) is 91.2 Å². The summed E-state index contributed by atoms with van der Waals surface area (Å²) in [6, 6.07) is 16.3. The van der Waals surface area contributed by atoms with Crippen molar-refractivity contribution < 1.29 is 14.3 Å². The number of phenolic OH excluding ortho intramolecular Hbond substituents is 1. The Hall–Kier alpha value is -4.07. The Balaban J connectivity index is 1.47. The molecule has 1 atom stereocenters. The number of rotatable bonds is 4. The van der Waals surface area contributed by atoms with Crippen molar-refractivity contribution in [2.75, 3.05) is 18.0 Å². The largest absolute Gasteiger partial charge is 0.507 e. The van der Waals surface area contributed by atoms with E-state index in [0.29, 0.717) is 53.3 Å². The first-order chi connectivity index (χ1) is 15.6. The number of hydrogen-bond acceptors (Lipinski definition) is 6. The van der Waals surface area contributed by atoms with E-state index in [1.807, 2.05) is 4.90 Å². The lowest BCUT2D eigenvalue weighted by atomic mass is 10.1. The van der Waals surface area contributed by atoms with Gasteiger partial charge in [0.1, 0.15) is 23.1 Å². The van der Waals surface area contributed by atoms with E-state index in [1.165, 1.54) is 12.1 Å². The van der Waals surface area contributed by atoms with E-state index < -0.39 is 0 Å². The maximum atomic E-state index is 14.0. The van der Waals surface area contributed by atoms with Crippen LogP contribution < -0.4 is 10.2 Å². The first-order valence-electron chi connectivity index (χ1n) is 10.3. The van der Waals surface area contributed by atoms with Crippen LogP contribution in [0.25, 0.3) is 22.3 Å². The zero-order chi connectivity index (χ0) is 22.1. The number of para-hydroxylation sites is 1. The summed E-state index contributed by atoms with van der Waals surface area (Å²) in [6.45, 7) is 1.15. The Morgan fingerprint density at radius 2 is 1.94 bits per heavy atom. The molecule has 1 saturated heterocycles. The zero-order valence-electron chi connectivity index (χ0n) is 17.1. The van der Waals surface area contributed by atoms with Gasteiger partial charge in [0.15, 0.2) is 5.82 Å². The summed E-state index contributed by atoms with van der Waals surface area (Å²) in [4.78, 5) is 27.8. The molecule has 3 heterocycles. The fraction of sp³-hybridized carbons (Fsp3) is 0.167. The Morgan fingerprint density at radius 1 is 1.09 bits per heavy atom. The molecule has 0 aliphatic carbocycles. The molecule has 32 heavy (non-hydrogen) atoms. The second-order valence-electron chi connectivity index (χ2n) is 7.67. The molecule has 7 nitrogen and oxygen atoms in total. The predicted octanol–water partition coefficient (Wildman–Crippen LogP) is 3.55. The lowest BCUT2D eigenvalue weighted by molar-refractivity contribution is 0.0935. The number of aromatic nitrogens is 3. The number of amides is 1. The zero-order valence-corrected chi connectivity index (χ0v) is 17.1. The standard InChI is InChI=1S/C24H20FN5O2/c25-15-8-9-19-18(13-15)23(29-22(28-19)17-5-1-2-7-21(17)31)30-12-10-16(14-30)27-24(32)20-6-3-4-11-26-20/h1-9,11,13,16,31H,10,12,14H2,(H,27,32)/t16-/m0/s1. The van der Waals surface area contributed by atoms with Crippen molar-refractivity contribution in [3.63, 3.8) is 0 Å². The van der Waals surface area contributed by atoms with Crippen molar-refractivity contribution in [1.82, 2.24) is 20.3 Å². The van der Waals surface area contributed by atoms with Crippen molar-refractivity contribution >= 4 is 22.6 Å². The van der Waals surface area contributed by atoms with Crippen LogP contribution in [0.15, 0.2) is 66.9 Å². The highest BCUT2D eigenvalue weighted by Gasteiger charge is 2.27. The minimum atomic E-state index is -0.378. The van der Waals surface area contributed by atoms with E-state index >= 15 is 0 Å². The molecule has 0 spiro atoms. The van der Waals surface area contributed by atoms with Gasteiger partial charge in [0.25, 0.3) is 5.91 Å². The van der Waals surface area contributed by atoms with Gasteiger partial charge in [-0.1, -0.05) is 18.2 Å². The Bertz CT molecular complexity index is 1300. The molecule has 1 aliphatic rings. The molecular formula is C24H20FN5O2. The second-order valence-corrected chi connectivity index (χ2v) is 7.67. The average molecular weight is 429 g/mol. The van der Waals surface area contributed by atoms with E-state index in [-0.39, 0.29) is 23.5 Å². The first kappa shape index (κ1) is 19.9. The van der Waals surface area contributed by atoms with Crippen LogP contribution in [0.2, 0.25) is 0 Å². The van der Waals surface area contributed by atoms with E-state index in [0.717, 1.165) is 0 Å². The van der Waals surface area contributed by atoms with Crippen LogP contribution in [-0.4, -0.2) is 45.1 Å². The normalized spacial score (nSPS) is 15.8. The molecule has 1 fully saturated rings. The minimum absolute atomic E-state index is 0.0711. The van der Waals surface area contributed by atoms with Crippen LogP contribution >= 0.6 is 0 Å². The molecule has 0 radical (unpaired) electrons. The Morgan fingerprint density at radius 3 is 2.75 bits per heavy atom. The first-order valence-corrected chi connectivity index (χ1v) is 10.3. The molecular weight excluding hydrogens is 409 g/mol. The molecule has 0 unspecified atom stereocenters. The molecule has 1 aliphatic heterocycles. The van der Waals surface area contributed by atoms with Crippen LogP contribution in [0.4, 0.5) is 10.2 Å². The average Bonchev–Trinajstić information content (AvgIpc) is 3.27. The van der Waals surface area contributed by atoms with Crippen molar-refractivity contribution in [3.8, 4) is 17.1 Å². The van der Waals surface area contributed by atoms with E-state index in [2.05, 4.69) is 20.3 Å². The highest BCUT2D eigenvalue weighted by Crippen LogP contribution is 2.33. The Kier molecular flexibility index (Phi) is 5.10. The summed E-state index contributed by atoms with van der Waals surface area (Å²) in [5.41, 5.74) is 1.44. The van der Waals surface area contributed by atoms with Crippen molar-refractivity contribution in [2.45, 2.75) is 12.5 Å². The maximum absolute atomic E-state index is 14.0. The summed E-state index contributed by atoms with van der Waals surface area (Å²) >= 11 is 0. The number of carbonyl (C=O) groups is 1. The van der Waals surface area contributed by atoms with Crippen LogP contribution in [-0.2, 0) is 0 Å². The van der Waals surface area contributed by atoms with E-state index in [4.69, 9.17) is 0 Å². The van der Waals surface area contributed by atoms with Crippen LogP contribution in [0.3, 0.4) is 0 Å². The van der Waals surface area contributed by atoms with Crippen molar-refractivity contribution in [3.05, 3.63) is 78.4 Å². The third-order valence-corrected chi connectivity index (χ3v) is 5.50. The molecule has 0 saturated carbocycles. The number of carbonyl (C=O) groups excluding carboxylic acids is 1. The van der Waals surface area contributed by atoms with Gasteiger partial charge in [-0.05, 0) is 48.9 Å². The van der Waals surface area contributed by atoms with E-state index in [1.54, 1.807) is 54.7 Å². The number of aromatic hydroxyl groups is 1. The number of nitrogens with zero attached hydrogens (tertiary/aromatic N) is 4. The van der Waals surface area contributed by atoms with Gasteiger partial charge in [0, 0.05) is 30.7 Å². The van der Waals surface area contributed by atoms with Gasteiger partial charge < -0.3 is 15.3 Å². The smallest absolute Gasteiger partial charge is 0.270 e. The number of halogens is 1. The maximum Gasteiger partial charge on any atom is 0.270 e. The number of fused-ring (bicyclic) bond motifs is 1. The minimum Gasteiger partial charge on any atom is -0.507 e. The summed E-state index contributed by atoms with van der Waals surface area (Å²) in [7, 11) is 0. The summed E-state index contributed by atoms with van der Waals surface area (Å²) in [5.74, 6) is 0.394. The number of nitrogens with one attached hydrogen (secondary N) is 1. The molecule has 8 heteroatoms. The molecule has 2 N–H and O–H groups in total. The number of anilines is 1. The monoisotopic (exact) mass is 429 g/mol. The number of hydrogen-bond donors (Lipinski definition) is 2. The van der Waals surface area contributed by atoms with Gasteiger partial charge in [-0.25, -0.2) is 14.4 Å². The highest BCUT2D eigenvalue weighted by molar-refractivity contribution is 5.93. The third-order valence-electron chi connectivity index (χ3n) is 5.50. The molecule has 2 aromatic carbocycles. The van der Waals surface area contributed by atoms with Gasteiger partial charge in [-0.15, -0.1) is 0 Å². The molecule has 160 valence electrons. The number of phenols is 1. The molecule has 4 aromatic rings. The second kappa shape index (κ2) is 8.22. The van der Waals surface area contributed by atoms with E-state index in [9.17, 15) is 14.3 Å². The number of pyridine rings is 1.